The van der Waals surface area contributed by atoms with Crippen molar-refractivity contribution >= 4 is 24.2 Å². The summed E-state index contributed by atoms with van der Waals surface area (Å²) in [5.74, 6) is 1.15. The van der Waals surface area contributed by atoms with E-state index in [2.05, 4.69) is 18.0 Å². The molecule has 2 heterocycles. The summed E-state index contributed by atoms with van der Waals surface area (Å²) in [6.07, 6.45) is 3.47. The van der Waals surface area contributed by atoms with Crippen molar-refractivity contribution in [2.45, 2.75) is 43.2 Å². The first kappa shape index (κ1) is 23.4. The minimum atomic E-state index is -1.11. The first-order valence-corrected chi connectivity index (χ1v) is 11.0. The molecule has 2 aromatic carbocycles. The number of carbonyl (C=O) groups is 2. The largest absolute Gasteiger partial charge is 0.507 e. The second-order valence-corrected chi connectivity index (χ2v) is 9.11. The lowest BCUT2D eigenvalue weighted by molar-refractivity contribution is -0.138. The average molecular weight is 474 g/mol. The maximum absolute atomic E-state index is 12.6. The molecule has 1 saturated heterocycles. The van der Waals surface area contributed by atoms with Crippen molar-refractivity contribution in [3.8, 4) is 17.2 Å². The highest BCUT2D eigenvalue weighted by Gasteiger charge is 2.65. The average Bonchev–Trinajstić information content (AvgIpc) is 3.14. The molecule has 2 N–H and O–H groups in total. The van der Waals surface area contributed by atoms with Crippen LogP contribution in [-0.2, 0) is 16.6 Å². The van der Waals surface area contributed by atoms with Crippen LogP contribution in [0.25, 0.3) is 0 Å². The molecular weight excluding hydrogens is 446 g/mol. The maximum atomic E-state index is 12.6. The zero-order valence-corrected chi connectivity index (χ0v) is 19.4. The smallest absolute Gasteiger partial charge is 0.339 e. The van der Waals surface area contributed by atoms with Crippen molar-refractivity contribution in [1.29, 1.82) is 0 Å². The Kier molecular flexibility index (Phi) is 6.05. The van der Waals surface area contributed by atoms with Gasteiger partial charge in [0.15, 0.2) is 23.4 Å². The van der Waals surface area contributed by atoms with Crippen LogP contribution in [-0.4, -0.2) is 59.7 Å². The van der Waals surface area contributed by atoms with Crippen molar-refractivity contribution in [2.24, 2.45) is 5.92 Å². The highest BCUT2D eigenvalue weighted by molar-refractivity contribution is 5.90. The zero-order valence-electron chi connectivity index (χ0n) is 18.6. The minimum absolute atomic E-state index is 0. The second-order valence-electron chi connectivity index (χ2n) is 9.11. The number of ketones is 1. The lowest BCUT2D eigenvalue weighted by atomic mass is 9.52. The molecule has 7 nitrogen and oxygen atoms in total. The highest BCUT2D eigenvalue weighted by Crippen LogP contribution is 2.63. The Morgan fingerprint density at radius 1 is 1.24 bits per heavy atom. The summed E-state index contributed by atoms with van der Waals surface area (Å²) in [5, 5.41) is 17.3. The van der Waals surface area contributed by atoms with Crippen molar-refractivity contribution in [3.63, 3.8) is 0 Å². The SMILES string of the molecule is COc1ccc2c3c1O[C@H]1C(=O)CC[C@H]4[C@@H](C2)N(C)CC[C@]314.Cl.O=C(O)c1ccccc1O. The summed E-state index contributed by atoms with van der Waals surface area (Å²) in [6.45, 7) is 1.05. The lowest BCUT2D eigenvalue weighted by Crippen LogP contribution is -2.65. The third-order valence-electron chi connectivity index (χ3n) is 7.72. The van der Waals surface area contributed by atoms with Crippen LogP contribution in [0.15, 0.2) is 36.4 Å². The number of carboxylic acids is 1. The predicted molar refractivity (Wildman–Crippen MR) is 124 cm³/mol. The number of hydrogen-bond donors (Lipinski definition) is 2. The van der Waals surface area contributed by atoms with Crippen molar-refractivity contribution in [1.82, 2.24) is 4.90 Å². The topological polar surface area (TPSA) is 96.3 Å². The fourth-order valence-corrected chi connectivity index (χ4v) is 6.33. The number of phenols is 1. The van der Waals surface area contributed by atoms with E-state index in [1.54, 1.807) is 19.2 Å². The maximum Gasteiger partial charge on any atom is 0.339 e. The fourth-order valence-electron chi connectivity index (χ4n) is 6.33. The molecule has 2 bridgehead atoms. The van der Waals surface area contributed by atoms with Crippen LogP contribution in [0.1, 0.15) is 40.7 Å². The van der Waals surface area contributed by atoms with E-state index in [-0.39, 0.29) is 41.0 Å². The van der Waals surface area contributed by atoms with E-state index in [4.69, 9.17) is 19.7 Å². The van der Waals surface area contributed by atoms with Gasteiger partial charge in [0.25, 0.3) is 0 Å². The summed E-state index contributed by atoms with van der Waals surface area (Å²) in [4.78, 5) is 25.4. The Morgan fingerprint density at radius 2 is 2.00 bits per heavy atom. The first-order valence-electron chi connectivity index (χ1n) is 11.0. The number of nitrogens with zero attached hydrogens (tertiary/aromatic N) is 1. The number of likely N-dealkylation sites (tertiary alicyclic amines) is 1. The van der Waals surface area contributed by atoms with Crippen LogP contribution in [0.3, 0.4) is 0 Å². The van der Waals surface area contributed by atoms with Gasteiger partial charge < -0.3 is 24.6 Å². The number of aromatic carboxylic acids is 1. The van der Waals surface area contributed by atoms with Gasteiger partial charge in [0, 0.05) is 23.4 Å². The van der Waals surface area contributed by atoms with Gasteiger partial charge in [-0.1, -0.05) is 18.2 Å². The second kappa shape index (κ2) is 8.54. The predicted octanol–water partition coefficient (Wildman–Crippen LogP) is 3.45. The van der Waals surface area contributed by atoms with Gasteiger partial charge >= 0.3 is 5.97 Å². The molecule has 33 heavy (non-hydrogen) atoms. The third-order valence-corrected chi connectivity index (χ3v) is 7.72. The number of carboxylic acid groups (broad SMARTS) is 1. The van der Waals surface area contributed by atoms with Crippen LogP contribution >= 0.6 is 12.4 Å². The minimum Gasteiger partial charge on any atom is -0.507 e. The molecule has 2 fully saturated rings. The van der Waals surface area contributed by atoms with E-state index in [9.17, 15) is 9.59 Å². The Morgan fingerprint density at radius 3 is 2.67 bits per heavy atom. The van der Waals surface area contributed by atoms with Gasteiger partial charge in [-0.05, 0) is 62.5 Å². The van der Waals surface area contributed by atoms with Crippen LogP contribution in [0, 0.1) is 5.92 Å². The molecule has 2 aromatic rings. The number of aromatic hydroxyl groups is 1. The van der Waals surface area contributed by atoms with E-state index in [1.807, 2.05) is 6.07 Å². The number of halogens is 1. The van der Waals surface area contributed by atoms with Gasteiger partial charge in [-0.3, -0.25) is 4.79 Å². The molecule has 4 aliphatic rings. The Bertz CT molecular complexity index is 1100. The number of ether oxygens (including phenoxy) is 2. The molecule has 6 rings (SSSR count). The number of Topliss-reactive ketones (excluding diaryl/α,β-unsaturated/α-hetero) is 1. The molecule has 0 amide bonds. The van der Waals surface area contributed by atoms with Crippen LogP contribution < -0.4 is 9.47 Å². The number of methoxy groups -OCH3 is 1. The molecule has 2 aliphatic carbocycles. The zero-order chi connectivity index (χ0) is 22.6. The third kappa shape index (κ3) is 3.37. The fraction of sp³-hybridized carbons (Fsp3) is 0.440. The summed E-state index contributed by atoms with van der Waals surface area (Å²) < 4.78 is 11.8. The first-order chi connectivity index (χ1) is 15.4. The van der Waals surface area contributed by atoms with Gasteiger partial charge in [0.2, 0.25) is 0 Å². The molecule has 2 aliphatic heterocycles. The number of carbonyl (C=O) groups excluding carboxylic acids is 1. The van der Waals surface area contributed by atoms with Gasteiger partial charge in [-0.15, -0.1) is 12.4 Å². The molecule has 176 valence electrons. The van der Waals surface area contributed by atoms with Gasteiger partial charge in [0.05, 0.1) is 7.11 Å². The van der Waals surface area contributed by atoms with E-state index >= 15 is 0 Å². The summed E-state index contributed by atoms with van der Waals surface area (Å²) >= 11 is 0. The number of rotatable bonds is 2. The van der Waals surface area contributed by atoms with E-state index in [0.29, 0.717) is 18.4 Å². The number of para-hydroxylation sites is 1. The molecule has 1 saturated carbocycles. The summed E-state index contributed by atoms with van der Waals surface area (Å²) in [5.41, 5.74) is 2.51. The molecule has 8 heteroatoms. The van der Waals surface area contributed by atoms with Crippen molar-refractivity contribution in [3.05, 3.63) is 53.1 Å². The molecule has 0 radical (unpaired) electrons. The molecule has 4 atom stereocenters. The van der Waals surface area contributed by atoms with E-state index < -0.39 is 5.97 Å². The Balaban J connectivity index is 0.000000201. The highest BCUT2D eigenvalue weighted by atomic mass is 35.5. The normalized spacial score (nSPS) is 28.4. The van der Waals surface area contributed by atoms with Crippen LogP contribution in [0.4, 0.5) is 0 Å². The van der Waals surface area contributed by atoms with Gasteiger partial charge in [-0.2, -0.15) is 0 Å². The van der Waals surface area contributed by atoms with E-state index in [0.717, 1.165) is 37.3 Å². The molecule has 1 spiro atoms. The van der Waals surface area contributed by atoms with Gasteiger partial charge in [-0.25, -0.2) is 4.79 Å². The van der Waals surface area contributed by atoms with Gasteiger partial charge in [0.1, 0.15) is 11.3 Å². The van der Waals surface area contributed by atoms with Crippen molar-refractivity contribution < 1.29 is 29.3 Å². The number of likely N-dealkylation sites (N-methyl/N-ethyl adjacent to an activating group) is 1. The molecule has 0 aromatic heterocycles. The quantitative estimate of drug-likeness (QED) is 0.689. The van der Waals surface area contributed by atoms with Crippen LogP contribution in [0.2, 0.25) is 0 Å². The lowest BCUT2D eigenvalue weighted by Gasteiger charge is -2.57. The Hall–Kier alpha value is -2.77. The number of benzene rings is 2. The van der Waals surface area contributed by atoms with Crippen molar-refractivity contribution in [2.75, 3.05) is 20.7 Å². The molecular formula is C25H28ClNO6. The molecule has 0 unspecified atom stereocenters. The monoisotopic (exact) mass is 473 g/mol. The number of hydrogen-bond acceptors (Lipinski definition) is 6. The summed E-state index contributed by atoms with van der Waals surface area (Å²) in [7, 11) is 3.91. The van der Waals surface area contributed by atoms with Crippen LogP contribution in [0.5, 0.6) is 17.2 Å². The van der Waals surface area contributed by atoms with E-state index in [1.165, 1.54) is 23.3 Å². The Labute approximate surface area is 198 Å². The number of piperidine rings is 1. The standard InChI is InChI=1S/C18H21NO3.C7H6O3.ClH/c1-19-8-7-18-11-4-5-13(20)17(18)22-16-14(21-2)6-3-10(15(16)18)9-12(11)19;8-6-4-2-1-3-5(6)7(9)10;/h3,6,11-12,17H,4-5,7-9H2,1-2H3;1-4,8H,(H,9,10);1H/t11-,12+,17-,18-;;/m0../s1. The summed E-state index contributed by atoms with van der Waals surface area (Å²) in [6, 6.07) is 10.5.